The van der Waals surface area contributed by atoms with Crippen LogP contribution in [0, 0.1) is 0 Å². The van der Waals surface area contributed by atoms with Crippen LogP contribution in [0.1, 0.15) is 33.6 Å². The Labute approximate surface area is 140 Å². The Kier molecular flexibility index (Phi) is 5.06. The zero-order valence-electron chi connectivity index (χ0n) is 13.1. The van der Waals surface area contributed by atoms with E-state index in [4.69, 9.17) is 9.47 Å². The summed E-state index contributed by atoms with van der Waals surface area (Å²) in [6.45, 7) is 0. The van der Waals surface area contributed by atoms with Gasteiger partial charge in [0, 0.05) is 12.8 Å². The van der Waals surface area contributed by atoms with Crippen molar-refractivity contribution < 1.29 is 19.1 Å². The highest BCUT2D eigenvalue weighted by Crippen LogP contribution is 2.21. The second-order valence-electron chi connectivity index (χ2n) is 5.56. The third-order valence-corrected chi connectivity index (χ3v) is 3.85. The van der Waals surface area contributed by atoms with Crippen LogP contribution >= 0.6 is 0 Å². The molecule has 0 unspecified atom stereocenters. The van der Waals surface area contributed by atoms with Gasteiger partial charge in [-0.2, -0.15) is 0 Å². The molecule has 4 heteroatoms. The van der Waals surface area contributed by atoms with Gasteiger partial charge in [-0.25, -0.2) is 9.59 Å². The van der Waals surface area contributed by atoms with Crippen molar-refractivity contribution in [2.75, 3.05) is 0 Å². The summed E-state index contributed by atoms with van der Waals surface area (Å²) in [7, 11) is 0. The number of ether oxygens (including phenoxy) is 2. The van der Waals surface area contributed by atoms with Crippen molar-refractivity contribution in [3.8, 4) is 0 Å². The highest BCUT2D eigenvalue weighted by Gasteiger charge is 2.30. The normalized spacial score (nSPS) is 19.5. The molecular formula is C20H18O4. The highest BCUT2D eigenvalue weighted by atomic mass is 16.6. The maximum absolute atomic E-state index is 12.2. The Bertz CT molecular complexity index is 658. The molecule has 4 nitrogen and oxygen atoms in total. The minimum Gasteiger partial charge on any atom is -0.454 e. The maximum atomic E-state index is 12.2. The molecule has 2 aromatic rings. The Balaban J connectivity index is 1.67. The van der Waals surface area contributed by atoms with E-state index in [0.29, 0.717) is 24.0 Å². The van der Waals surface area contributed by atoms with E-state index in [9.17, 15) is 9.59 Å². The third kappa shape index (κ3) is 3.90. The summed E-state index contributed by atoms with van der Waals surface area (Å²) < 4.78 is 11.1. The number of esters is 2. The molecule has 0 heterocycles. The van der Waals surface area contributed by atoms with Crippen molar-refractivity contribution in [3.05, 3.63) is 83.9 Å². The maximum Gasteiger partial charge on any atom is 0.338 e. The largest absolute Gasteiger partial charge is 0.454 e. The van der Waals surface area contributed by atoms with Crippen LogP contribution in [0.4, 0.5) is 0 Å². The van der Waals surface area contributed by atoms with E-state index in [1.165, 1.54) is 0 Å². The van der Waals surface area contributed by atoms with Crippen LogP contribution in [-0.2, 0) is 9.47 Å². The van der Waals surface area contributed by atoms with Crippen molar-refractivity contribution in [1.82, 2.24) is 0 Å². The van der Waals surface area contributed by atoms with E-state index in [1.54, 1.807) is 48.5 Å². The van der Waals surface area contributed by atoms with E-state index in [2.05, 4.69) is 0 Å². The molecular weight excluding hydrogens is 304 g/mol. The van der Waals surface area contributed by atoms with E-state index in [0.717, 1.165) is 0 Å². The average Bonchev–Trinajstić information content (AvgIpc) is 2.64. The van der Waals surface area contributed by atoms with Crippen LogP contribution in [0.5, 0.6) is 0 Å². The standard InChI is InChI=1S/C20H18O4/c21-19(15-9-3-1-4-10-15)23-17-13-7-8-14-18(17)24-20(22)16-11-5-2-6-12-16/h1-12,17-18H,13-14H2/t17-,18+. The predicted molar refractivity (Wildman–Crippen MR) is 89.7 cm³/mol. The van der Waals surface area contributed by atoms with Crippen LogP contribution in [-0.4, -0.2) is 24.1 Å². The lowest BCUT2D eigenvalue weighted by Crippen LogP contribution is -2.36. The molecule has 0 bridgehead atoms. The quantitative estimate of drug-likeness (QED) is 0.635. The van der Waals surface area contributed by atoms with Gasteiger partial charge in [-0.15, -0.1) is 0 Å². The molecule has 0 fully saturated rings. The summed E-state index contributed by atoms with van der Waals surface area (Å²) in [5.41, 5.74) is 0.973. The summed E-state index contributed by atoms with van der Waals surface area (Å²) in [6, 6.07) is 17.6. The number of hydrogen-bond donors (Lipinski definition) is 0. The Morgan fingerprint density at radius 2 is 1.04 bits per heavy atom. The Morgan fingerprint density at radius 3 is 1.42 bits per heavy atom. The molecule has 0 saturated heterocycles. The molecule has 0 aliphatic heterocycles. The van der Waals surface area contributed by atoms with Crippen LogP contribution in [0.3, 0.4) is 0 Å². The van der Waals surface area contributed by atoms with Gasteiger partial charge in [0.05, 0.1) is 11.1 Å². The van der Waals surface area contributed by atoms with Gasteiger partial charge in [0.25, 0.3) is 0 Å². The lowest BCUT2D eigenvalue weighted by atomic mass is 10.0. The fraction of sp³-hybridized carbons (Fsp3) is 0.200. The number of carbonyl (C=O) groups excluding carboxylic acids is 2. The molecule has 1 aliphatic carbocycles. The van der Waals surface area contributed by atoms with Crippen molar-refractivity contribution in [2.24, 2.45) is 0 Å². The van der Waals surface area contributed by atoms with E-state index in [-0.39, 0.29) is 0 Å². The summed E-state index contributed by atoms with van der Waals surface area (Å²) in [6.07, 6.45) is 3.99. The van der Waals surface area contributed by atoms with Gasteiger partial charge in [-0.05, 0) is 24.3 Å². The molecule has 0 amide bonds. The summed E-state index contributed by atoms with van der Waals surface area (Å²) in [5, 5.41) is 0. The Hall–Kier alpha value is -2.88. The first-order chi connectivity index (χ1) is 11.7. The molecule has 3 rings (SSSR count). The van der Waals surface area contributed by atoms with Gasteiger partial charge in [0.2, 0.25) is 0 Å². The van der Waals surface area contributed by atoms with Crippen molar-refractivity contribution in [3.63, 3.8) is 0 Å². The van der Waals surface area contributed by atoms with Gasteiger partial charge >= 0.3 is 11.9 Å². The molecule has 0 aromatic heterocycles. The lowest BCUT2D eigenvalue weighted by molar-refractivity contribution is -0.0362. The minimum atomic E-state index is -0.477. The molecule has 0 radical (unpaired) electrons. The van der Waals surface area contributed by atoms with Gasteiger partial charge in [-0.1, -0.05) is 48.6 Å². The molecule has 122 valence electrons. The first kappa shape index (κ1) is 16.0. The van der Waals surface area contributed by atoms with Crippen LogP contribution in [0.2, 0.25) is 0 Å². The molecule has 1 aliphatic rings. The molecule has 0 saturated carbocycles. The van der Waals surface area contributed by atoms with Crippen LogP contribution in [0.25, 0.3) is 0 Å². The van der Waals surface area contributed by atoms with E-state index < -0.39 is 24.1 Å². The second-order valence-corrected chi connectivity index (χ2v) is 5.56. The van der Waals surface area contributed by atoms with E-state index >= 15 is 0 Å². The zero-order chi connectivity index (χ0) is 16.8. The van der Waals surface area contributed by atoms with Crippen LogP contribution in [0.15, 0.2) is 72.8 Å². The summed E-state index contributed by atoms with van der Waals surface area (Å²) in [5.74, 6) is -0.812. The van der Waals surface area contributed by atoms with Gasteiger partial charge in [0.15, 0.2) is 0 Å². The number of carbonyl (C=O) groups is 2. The molecule has 0 spiro atoms. The SMILES string of the molecule is O=C(O[C@H]1CC=CC[C@H]1OC(=O)c1ccccc1)c1ccccc1. The first-order valence-corrected chi connectivity index (χ1v) is 7.91. The van der Waals surface area contributed by atoms with Crippen LogP contribution < -0.4 is 0 Å². The van der Waals surface area contributed by atoms with Crippen molar-refractivity contribution >= 4 is 11.9 Å². The molecule has 0 N–H and O–H groups in total. The molecule has 2 aromatic carbocycles. The van der Waals surface area contributed by atoms with Gasteiger partial charge in [0.1, 0.15) is 12.2 Å². The fourth-order valence-electron chi connectivity index (χ4n) is 2.57. The molecule has 24 heavy (non-hydrogen) atoms. The minimum absolute atomic E-state index is 0.406. The first-order valence-electron chi connectivity index (χ1n) is 7.91. The van der Waals surface area contributed by atoms with Crippen molar-refractivity contribution in [1.29, 1.82) is 0 Å². The Morgan fingerprint density at radius 1 is 0.667 bits per heavy atom. The summed E-state index contributed by atoms with van der Waals surface area (Å²) >= 11 is 0. The van der Waals surface area contributed by atoms with E-state index in [1.807, 2.05) is 24.3 Å². The van der Waals surface area contributed by atoms with Crippen molar-refractivity contribution in [2.45, 2.75) is 25.0 Å². The smallest absolute Gasteiger partial charge is 0.338 e. The predicted octanol–water partition coefficient (Wildman–Crippen LogP) is 3.79. The van der Waals surface area contributed by atoms with Gasteiger partial charge in [-0.3, -0.25) is 0 Å². The lowest BCUT2D eigenvalue weighted by Gasteiger charge is -2.28. The fourth-order valence-corrected chi connectivity index (χ4v) is 2.57. The van der Waals surface area contributed by atoms with Gasteiger partial charge < -0.3 is 9.47 Å². The summed E-state index contributed by atoms with van der Waals surface area (Å²) in [4.78, 5) is 24.5. The monoisotopic (exact) mass is 322 g/mol. The average molecular weight is 322 g/mol. The zero-order valence-corrected chi connectivity index (χ0v) is 13.1. The third-order valence-electron chi connectivity index (χ3n) is 3.85. The highest BCUT2D eigenvalue weighted by molar-refractivity contribution is 5.90. The topological polar surface area (TPSA) is 52.6 Å². The number of hydrogen-bond acceptors (Lipinski definition) is 4. The molecule has 2 atom stereocenters. The second kappa shape index (κ2) is 7.59. The number of rotatable bonds is 4. The number of benzene rings is 2.